The summed E-state index contributed by atoms with van der Waals surface area (Å²) in [4.78, 5) is 31.2. The standard InChI is InChI=1S/C24H29FN4O3/c25-19-4-1-16(2-5-19)22(30)17-9-13-29(14-10-17)24(32)18-3-6-21(27-15-18)23(31)28-20-7-11-26-12-8-20/h1-6,15,17,20,22,26,30H,7-14H2,(H,28,31). The Morgan fingerprint density at radius 2 is 1.75 bits per heavy atom. The predicted molar refractivity (Wildman–Crippen MR) is 118 cm³/mol. The first-order valence-corrected chi connectivity index (χ1v) is 11.2. The van der Waals surface area contributed by atoms with Crippen molar-refractivity contribution in [1.82, 2.24) is 20.5 Å². The Balaban J connectivity index is 1.30. The zero-order valence-electron chi connectivity index (χ0n) is 18.0. The maximum absolute atomic E-state index is 13.1. The van der Waals surface area contributed by atoms with E-state index in [4.69, 9.17) is 0 Å². The molecule has 8 heteroatoms. The fourth-order valence-electron chi connectivity index (χ4n) is 4.41. The molecule has 1 aromatic carbocycles. The maximum Gasteiger partial charge on any atom is 0.270 e. The number of likely N-dealkylation sites (tertiary alicyclic amines) is 1. The van der Waals surface area contributed by atoms with Gasteiger partial charge in [0.2, 0.25) is 0 Å². The molecule has 0 radical (unpaired) electrons. The van der Waals surface area contributed by atoms with Crippen LogP contribution < -0.4 is 10.6 Å². The molecule has 32 heavy (non-hydrogen) atoms. The van der Waals surface area contributed by atoms with Gasteiger partial charge in [0.25, 0.3) is 11.8 Å². The largest absolute Gasteiger partial charge is 0.388 e. The summed E-state index contributed by atoms with van der Waals surface area (Å²) in [5.74, 6) is -0.655. The van der Waals surface area contributed by atoms with Gasteiger partial charge < -0.3 is 20.6 Å². The predicted octanol–water partition coefficient (Wildman–Crippen LogP) is 2.29. The Bertz CT molecular complexity index is 921. The van der Waals surface area contributed by atoms with Gasteiger partial charge in [-0.05, 0) is 74.5 Å². The van der Waals surface area contributed by atoms with E-state index in [2.05, 4.69) is 15.6 Å². The third-order valence-corrected chi connectivity index (χ3v) is 6.40. The lowest BCUT2D eigenvalue weighted by Crippen LogP contribution is -2.43. The van der Waals surface area contributed by atoms with Crippen molar-refractivity contribution in [3.05, 3.63) is 65.2 Å². The number of carbonyl (C=O) groups excluding carboxylic acids is 2. The lowest BCUT2D eigenvalue weighted by atomic mass is 9.87. The second kappa shape index (κ2) is 10.2. The van der Waals surface area contributed by atoms with E-state index in [1.807, 2.05) is 0 Å². The van der Waals surface area contributed by atoms with E-state index in [1.54, 1.807) is 29.2 Å². The van der Waals surface area contributed by atoms with Crippen molar-refractivity contribution in [2.24, 2.45) is 5.92 Å². The summed E-state index contributed by atoms with van der Waals surface area (Å²) < 4.78 is 13.1. The molecule has 4 rings (SSSR count). The van der Waals surface area contributed by atoms with Gasteiger partial charge in [0.1, 0.15) is 11.5 Å². The molecule has 3 N–H and O–H groups in total. The smallest absolute Gasteiger partial charge is 0.270 e. The number of amides is 2. The first-order chi connectivity index (χ1) is 15.5. The van der Waals surface area contributed by atoms with E-state index in [9.17, 15) is 19.1 Å². The van der Waals surface area contributed by atoms with Gasteiger partial charge in [0.15, 0.2) is 0 Å². The lowest BCUT2D eigenvalue weighted by Gasteiger charge is -2.34. The zero-order valence-corrected chi connectivity index (χ0v) is 18.0. The number of pyridine rings is 1. The normalized spacial score (nSPS) is 18.9. The van der Waals surface area contributed by atoms with Crippen molar-refractivity contribution in [2.75, 3.05) is 26.2 Å². The fraction of sp³-hybridized carbons (Fsp3) is 0.458. The first kappa shape index (κ1) is 22.4. The number of aliphatic hydroxyl groups excluding tert-OH is 1. The highest BCUT2D eigenvalue weighted by Crippen LogP contribution is 2.31. The first-order valence-electron chi connectivity index (χ1n) is 11.2. The van der Waals surface area contributed by atoms with Gasteiger partial charge in [0, 0.05) is 25.3 Å². The summed E-state index contributed by atoms with van der Waals surface area (Å²) in [5, 5.41) is 16.9. The number of aliphatic hydroxyl groups is 1. The molecule has 0 spiro atoms. The molecule has 0 bridgehead atoms. The Kier molecular flexibility index (Phi) is 7.12. The summed E-state index contributed by atoms with van der Waals surface area (Å²) in [5.41, 5.74) is 1.45. The minimum atomic E-state index is -0.674. The molecule has 0 aliphatic carbocycles. The molecular weight excluding hydrogens is 411 g/mol. The van der Waals surface area contributed by atoms with Crippen LogP contribution >= 0.6 is 0 Å². The number of nitrogens with zero attached hydrogens (tertiary/aromatic N) is 2. The fourth-order valence-corrected chi connectivity index (χ4v) is 4.41. The minimum Gasteiger partial charge on any atom is -0.388 e. The Morgan fingerprint density at radius 1 is 1.06 bits per heavy atom. The number of aromatic nitrogens is 1. The van der Waals surface area contributed by atoms with Crippen LogP contribution in [0.3, 0.4) is 0 Å². The molecule has 1 unspecified atom stereocenters. The van der Waals surface area contributed by atoms with Crippen LogP contribution in [0.15, 0.2) is 42.6 Å². The summed E-state index contributed by atoms with van der Waals surface area (Å²) in [6.07, 6.45) is 3.90. The number of hydrogen-bond acceptors (Lipinski definition) is 5. The van der Waals surface area contributed by atoms with Crippen molar-refractivity contribution in [1.29, 1.82) is 0 Å². The number of benzene rings is 1. The average molecular weight is 441 g/mol. The van der Waals surface area contributed by atoms with E-state index in [-0.39, 0.29) is 29.6 Å². The number of nitrogens with one attached hydrogen (secondary N) is 2. The number of rotatable bonds is 5. The average Bonchev–Trinajstić information content (AvgIpc) is 2.84. The van der Waals surface area contributed by atoms with E-state index < -0.39 is 6.10 Å². The van der Waals surface area contributed by atoms with Gasteiger partial charge in [-0.1, -0.05) is 12.1 Å². The van der Waals surface area contributed by atoms with Crippen LogP contribution in [0.25, 0.3) is 0 Å². The zero-order chi connectivity index (χ0) is 22.5. The highest BCUT2D eigenvalue weighted by molar-refractivity contribution is 5.96. The van der Waals surface area contributed by atoms with Crippen LogP contribution in [0, 0.1) is 11.7 Å². The topological polar surface area (TPSA) is 94.6 Å². The molecule has 2 aromatic rings. The van der Waals surface area contributed by atoms with Gasteiger partial charge in [0.05, 0.1) is 11.7 Å². The Labute approximate surface area is 187 Å². The highest BCUT2D eigenvalue weighted by Gasteiger charge is 2.29. The van der Waals surface area contributed by atoms with Crippen LogP contribution in [0.5, 0.6) is 0 Å². The number of hydrogen-bond donors (Lipinski definition) is 3. The van der Waals surface area contributed by atoms with Gasteiger partial charge in [-0.15, -0.1) is 0 Å². The summed E-state index contributed by atoms with van der Waals surface area (Å²) in [6, 6.07) is 9.29. The van der Waals surface area contributed by atoms with E-state index in [0.29, 0.717) is 42.8 Å². The van der Waals surface area contributed by atoms with Crippen molar-refractivity contribution < 1.29 is 19.1 Å². The van der Waals surface area contributed by atoms with Gasteiger partial charge in [-0.2, -0.15) is 0 Å². The third kappa shape index (κ3) is 5.31. The molecule has 2 fully saturated rings. The second-order valence-corrected chi connectivity index (χ2v) is 8.56. The van der Waals surface area contributed by atoms with Crippen molar-refractivity contribution in [3.8, 4) is 0 Å². The van der Waals surface area contributed by atoms with Crippen molar-refractivity contribution in [3.63, 3.8) is 0 Å². The minimum absolute atomic E-state index is 0.0173. The summed E-state index contributed by atoms with van der Waals surface area (Å²) >= 11 is 0. The molecule has 1 atom stereocenters. The Hall–Kier alpha value is -2.84. The van der Waals surface area contributed by atoms with E-state index in [1.165, 1.54) is 18.3 Å². The molecular formula is C24H29FN4O3. The summed E-state index contributed by atoms with van der Waals surface area (Å²) in [7, 11) is 0. The van der Waals surface area contributed by atoms with Crippen molar-refractivity contribution in [2.45, 2.75) is 37.8 Å². The number of carbonyl (C=O) groups is 2. The van der Waals surface area contributed by atoms with Gasteiger partial charge >= 0.3 is 0 Å². The quantitative estimate of drug-likeness (QED) is 0.663. The lowest BCUT2D eigenvalue weighted by molar-refractivity contribution is 0.0461. The molecule has 2 aliphatic heterocycles. The van der Waals surface area contributed by atoms with Crippen LogP contribution in [-0.2, 0) is 0 Å². The van der Waals surface area contributed by atoms with Crippen LogP contribution in [0.2, 0.25) is 0 Å². The Morgan fingerprint density at radius 3 is 2.38 bits per heavy atom. The van der Waals surface area contributed by atoms with Gasteiger partial charge in [-0.3, -0.25) is 14.6 Å². The molecule has 170 valence electrons. The SMILES string of the molecule is O=C(NC1CCNCC1)c1ccc(C(=O)N2CCC(C(O)c3ccc(F)cc3)CC2)cn1. The molecule has 2 amide bonds. The highest BCUT2D eigenvalue weighted by atomic mass is 19.1. The molecule has 3 heterocycles. The molecule has 1 aromatic heterocycles. The molecule has 0 saturated carbocycles. The maximum atomic E-state index is 13.1. The third-order valence-electron chi connectivity index (χ3n) is 6.40. The second-order valence-electron chi connectivity index (χ2n) is 8.56. The van der Waals surface area contributed by atoms with Crippen LogP contribution in [0.4, 0.5) is 4.39 Å². The molecule has 2 saturated heterocycles. The van der Waals surface area contributed by atoms with Crippen LogP contribution in [-0.4, -0.2) is 59.0 Å². The van der Waals surface area contributed by atoms with Crippen LogP contribution in [0.1, 0.15) is 58.2 Å². The van der Waals surface area contributed by atoms with Crippen molar-refractivity contribution >= 4 is 11.8 Å². The molecule has 7 nitrogen and oxygen atoms in total. The van der Waals surface area contributed by atoms with E-state index in [0.717, 1.165) is 25.9 Å². The van der Waals surface area contributed by atoms with Gasteiger partial charge in [-0.25, -0.2) is 4.39 Å². The number of halogens is 1. The molecule has 2 aliphatic rings. The van der Waals surface area contributed by atoms with E-state index >= 15 is 0 Å². The monoisotopic (exact) mass is 440 g/mol. The summed E-state index contributed by atoms with van der Waals surface area (Å²) in [6.45, 7) is 2.84. The number of piperidine rings is 2.